The first-order chi connectivity index (χ1) is 10.1. The molecule has 0 spiro atoms. The topological polar surface area (TPSA) is 41.1 Å². The molecule has 1 aromatic rings. The fourth-order valence-corrected chi connectivity index (χ4v) is 2.56. The zero-order valence-electron chi connectivity index (χ0n) is 14.5. The van der Waals surface area contributed by atoms with Gasteiger partial charge in [0, 0.05) is 5.54 Å². The van der Waals surface area contributed by atoms with Gasteiger partial charge in [-0.05, 0) is 63.4 Å². The van der Waals surface area contributed by atoms with Gasteiger partial charge in [0.2, 0.25) is 5.91 Å². The van der Waals surface area contributed by atoms with Crippen LogP contribution in [-0.4, -0.2) is 16.6 Å². The molecule has 0 heterocycles. The fourth-order valence-electron chi connectivity index (χ4n) is 2.16. The standard InChI is InChI=1S/C18H28N2OS/c1-12(2)11-14-7-9-15(10-8-14)13(3)16(21)19-17(22)20-18(4,5)6/h7-10,12-13H,11H2,1-6H3,(H2,19,20,21,22). The van der Waals surface area contributed by atoms with Crippen LogP contribution in [0.4, 0.5) is 0 Å². The molecule has 0 aromatic heterocycles. The minimum absolute atomic E-state index is 0.0849. The van der Waals surface area contributed by atoms with E-state index in [1.807, 2.05) is 39.8 Å². The molecule has 0 saturated carbocycles. The van der Waals surface area contributed by atoms with Crippen molar-refractivity contribution in [3.8, 4) is 0 Å². The van der Waals surface area contributed by atoms with Crippen molar-refractivity contribution in [1.29, 1.82) is 0 Å². The zero-order chi connectivity index (χ0) is 16.9. The molecule has 4 heteroatoms. The summed E-state index contributed by atoms with van der Waals surface area (Å²) in [4.78, 5) is 12.3. The van der Waals surface area contributed by atoms with E-state index in [0.717, 1.165) is 12.0 Å². The number of thiocarbonyl (C=S) groups is 1. The van der Waals surface area contributed by atoms with Crippen molar-refractivity contribution in [2.75, 3.05) is 0 Å². The van der Waals surface area contributed by atoms with Gasteiger partial charge in [-0.1, -0.05) is 38.1 Å². The summed E-state index contributed by atoms with van der Waals surface area (Å²) in [6, 6.07) is 8.26. The van der Waals surface area contributed by atoms with Crippen molar-refractivity contribution < 1.29 is 4.79 Å². The Morgan fingerprint density at radius 3 is 2.14 bits per heavy atom. The van der Waals surface area contributed by atoms with Crippen LogP contribution in [-0.2, 0) is 11.2 Å². The number of carbonyl (C=O) groups excluding carboxylic acids is 1. The lowest BCUT2D eigenvalue weighted by atomic mass is 9.96. The highest BCUT2D eigenvalue weighted by atomic mass is 32.1. The largest absolute Gasteiger partial charge is 0.358 e. The van der Waals surface area contributed by atoms with E-state index in [0.29, 0.717) is 11.0 Å². The van der Waals surface area contributed by atoms with Gasteiger partial charge in [0.1, 0.15) is 0 Å². The van der Waals surface area contributed by atoms with Crippen LogP contribution >= 0.6 is 12.2 Å². The third kappa shape index (κ3) is 6.56. The first kappa shape index (κ1) is 18.6. The first-order valence-corrected chi connectivity index (χ1v) is 8.21. The maximum atomic E-state index is 12.3. The molecule has 0 aliphatic rings. The Hall–Kier alpha value is -1.42. The normalized spacial score (nSPS) is 12.9. The molecule has 0 saturated heterocycles. The third-order valence-corrected chi connectivity index (χ3v) is 3.45. The summed E-state index contributed by atoms with van der Waals surface area (Å²) >= 11 is 5.17. The van der Waals surface area contributed by atoms with Gasteiger partial charge in [-0.25, -0.2) is 0 Å². The van der Waals surface area contributed by atoms with E-state index in [4.69, 9.17) is 12.2 Å². The van der Waals surface area contributed by atoms with Crippen molar-refractivity contribution >= 4 is 23.2 Å². The molecule has 1 amide bonds. The fraction of sp³-hybridized carbons (Fsp3) is 0.556. The summed E-state index contributed by atoms with van der Waals surface area (Å²) in [7, 11) is 0. The maximum absolute atomic E-state index is 12.3. The van der Waals surface area contributed by atoms with Crippen LogP contribution in [0.25, 0.3) is 0 Å². The second-order valence-corrected chi connectivity index (χ2v) is 7.66. The molecule has 22 heavy (non-hydrogen) atoms. The van der Waals surface area contributed by atoms with Crippen molar-refractivity contribution in [2.24, 2.45) is 5.92 Å². The van der Waals surface area contributed by atoms with Crippen LogP contribution in [0.1, 0.15) is 58.6 Å². The predicted molar refractivity (Wildman–Crippen MR) is 97.0 cm³/mol. The maximum Gasteiger partial charge on any atom is 0.233 e. The molecular formula is C18H28N2OS. The third-order valence-electron chi connectivity index (χ3n) is 3.24. The molecule has 1 rings (SSSR count). The van der Waals surface area contributed by atoms with Crippen molar-refractivity contribution in [3.63, 3.8) is 0 Å². The lowest BCUT2D eigenvalue weighted by molar-refractivity contribution is -0.120. The lowest BCUT2D eigenvalue weighted by Gasteiger charge is -2.23. The Bertz CT molecular complexity index is 515. The molecule has 3 nitrogen and oxygen atoms in total. The molecule has 2 N–H and O–H groups in total. The summed E-state index contributed by atoms with van der Waals surface area (Å²) in [5, 5.41) is 6.23. The molecule has 1 atom stereocenters. The second-order valence-electron chi connectivity index (χ2n) is 7.25. The van der Waals surface area contributed by atoms with E-state index >= 15 is 0 Å². The zero-order valence-corrected chi connectivity index (χ0v) is 15.3. The number of rotatable bonds is 4. The van der Waals surface area contributed by atoms with E-state index in [-0.39, 0.29) is 17.4 Å². The summed E-state index contributed by atoms with van der Waals surface area (Å²) in [5.74, 6) is 0.318. The highest BCUT2D eigenvalue weighted by Gasteiger charge is 2.18. The van der Waals surface area contributed by atoms with Crippen LogP contribution in [0.15, 0.2) is 24.3 Å². The van der Waals surface area contributed by atoms with E-state index in [1.165, 1.54) is 5.56 Å². The average Bonchev–Trinajstić information content (AvgIpc) is 2.35. The molecule has 1 aromatic carbocycles. The van der Waals surface area contributed by atoms with E-state index < -0.39 is 0 Å². The van der Waals surface area contributed by atoms with Crippen LogP contribution in [0.5, 0.6) is 0 Å². The minimum atomic E-state index is -0.229. The lowest BCUT2D eigenvalue weighted by Crippen LogP contribution is -2.48. The predicted octanol–water partition coefficient (Wildman–Crippen LogP) is 3.78. The van der Waals surface area contributed by atoms with Crippen molar-refractivity contribution in [2.45, 2.75) is 59.4 Å². The van der Waals surface area contributed by atoms with Crippen LogP contribution < -0.4 is 10.6 Å². The Kier molecular flexibility index (Phi) is 6.54. The van der Waals surface area contributed by atoms with Gasteiger partial charge in [-0.3, -0.25) is 4.79 Å². The van der Waals surface area contributed by atoms with Gasteiger partial charge in [-0.2, -0.15) is 0 Å². The Morgan fingerprint density at radius 1 is 1.14 bits per heavy atom. The summed E-state index contributed by atoms with van der Waals surface area (Å²) < 4.78 is 0. The van der Waals surface area contributed by atoms with E-state index in [9.17, 15) is 4.79 Å². The smallest absolute Gasteiger partial charge is 0.233 e. The number of benzene rings is 1. The monoisotopic (exact) mass is 320 g/mol. The molecule has 0 radical (unpaired) electrons. The highest BCUT2D eigenvalue weighted by Crippen LogP contribution is 2.17. The SMILES string of the molecule is CC(C)Cc1ccc(C(C)C(=O)NC(=S)NC(C)(C)C)cc1. The number of nitrogens with one attached hydrogen (secondary N) is 2. The van der Waals surface area contributed by atoms with Crippen LogP contribution in [0.2, 0.25) is 0 Å². The van der Waals surface area contributed by atoms with Crippen molar-refractivity contribution in [3.05, 3.63) is 35.4 Å². The first-order valence-electron chi connectivity index (χ1n) is 7.80. The number of carbonyl (C=O) groups is 1. The highest BCUT2D eigenvalue weighted by molar-refractivity contribution is 7.80. The number of hydrogen-bond acceptors (Lipinski definition) is 2. The molecule has 0 fully saturated rings. The van der Waals surface area contributed by atoms with Crippen LogP contribution in [0.3, 0.4) is 0 Å². The van der Waals surface area contributed by atoms with Gasteiger partial charge in [-0.15, -0.1) is 0 Å². The number of hydrogen-bond donors (Lipinski definition) is 2. The molecular weight excluding hydrogens is 292 g/mol. The number of amides is 1. The Balaban J connectivity index is 2.65. The summed E-state index contributed by atoms with van der Waals surface area (Å²) in [5.41, 5.74) is 2.14. The molecule has 0 aliphatic carbocycles. The molecule has 0 aliphatic heterocycles. The molecule has 0 bridgehead atoms. The van der Waals surface area contributed by atoms with Gasteiger partial charge in [0.15, 0.2) is 5.11 Å². The van der Waals surface area contributed by atoms with Gasteiger partial charge in [0.05, 0.1) is 5.92 Å². The van der Waals surface area contributed by atoms with Gasteiger partial charge in [0.25, 0.3) is 0 Å². The van der Waals surface area contributed by atoms with E-state index in [2.05, 4.69) is 36.6 Å². The van der Waals surface area contributed by atoms with E-state index in [1.54, 1.807) is 0 Å². The van der Waals surface area contributed by atoms with Crippen molar-refractivity contribution in [1.82, 2.24) is 10.6 Å². The molecule has 122 valence electrons. The Labute approximate surface area is 139 Å². The van der Waals surface area contributed by atoms with Crippen LogP contribution in [0, 0.1) is 5.92 Å². The minimum Gasteiger partial charge on any atom is -0.358 e. The summed E-state index contributed by atoms with van der Waals surface area (Å²) in [6.45, 7) is 12.3. The second kappa shape index (κ2) is 7.73. The quantitative estimate of drug-likeness (QED) is 0.830. The average molecular weight is 321 g/mol. The Morgan fingerprint density at radius 2 is 1.68 bits per heavy atom. The summed E-state index contributed by atoms with van der Waals surface area (Å²) in [6.07, 6.45) is 1.06. The van der Waals surface area contributed by atoms with Gasteiger partial charge < -0.3 is 10.6 Å². The van der Waals surface area contributed by atoms with Gasteiger partial charge >= 0.3 is 0 Å². The molecule has 1 unspecified atom stereocenters.